The van der Waals surface area contributed by atoms with Gasteiger partial charge in [0.2, 0.25) is 0 Å². The minimum Gasteiger partial charge on any atom is -0.460 e. The van der Waals surface area contributed by atoms with Gasteiger partial charge in [0.15, 0.2) is 15.6 Å². The fraction of sp³-hybridized carbons (Fsp3) is 0.143. The van der Waals surface area contributed by atoms with E-state index in [2.05, 4.69) is 5.32 Å². The predicted molar refractivity (Wildman–Crippen MR) is 134 cm³/mol. The van der Waals surface area contributed by atoms with Crippen molar-refractivity contribution in [2.75, 3.05) is 5.32 Å². The highest BCUT2D eigenvalue weighted by molar-refractivity contribution is 7.91. The summed E-state index contributed by atoms with van der Waals surface area (Å²) < 4.78 is 33.8. The monoisotopic (exact) mass is 481 g/mol. The van der Waals surface area contributed by atoms with Gasteiger partial charge in [-0.15, -0.1) is 0 Å². The van der Waals surface area contributed by atoms with Gasteiger partial charge in [-0.1, -0.05) is 36.4 Å². The molecule has 0 radical (unpaired) electrons. The van der Waals surface area contributed by atoms with Crippen molar-refractivity contribution < 1.29 is 22.4 Å². The Labute approximate surface area is 200 Å². The highest BCUT2D eigenvalue weighted by Crippen LogP contribution is 2.40. The summed E-state index contributed by atoms with van der Waals surface area (Å²) in [6.07, 6.45) is 1.92. The second-order valence-electron chi connectivity index (χ2n) is 9.19. The van der Waals surface area contributed by atoms with Crippen molar-refractivity contribution in [2.45, 2.75) is 29.9 Å². The number of furan rings is 1. The van der Waals surface area contributed by atoms with E-state index in [1.54, 1.807) is 30.3 Å². The summed E-state index contributed by atoms with van der Waals surface area (Å²) >= 11 is 0. The van der Waals surface area contributed by atoms with Gasteiger partial charge in [0, 0.05) is 45.6 Å². The average molecular weight is 482 g/mol. The molecule has 0 fully saturated rings. The molecule has 4 aromatic carbocycles. The Morgan fingerprint density at radius 1 is 0.857 bits per heavy atom. The van der Waals surface area contributed by atoms with Gasteiger partial charge in [-0.3, -0.25) is 9.59 Å². The van der Waals surface area contributed by atoms with E-state index in [4.69, 9.17) is 4.42 Å². The molecular formula is C28H19NO5S. The number of hydrogen-bond acceptors (Lipinski definition) is 5. The molecule has 0 saturated carbocycles. The van der Waals surface area contributed by atoms with Crippen molar-refractivity contribution in [3.8, 4) is 0 Å². The van der Waals surface area contributed by atoms with Crippen LogP contribution in [-0.4, -0.2) is 20.1 Å². The van der Waals surface area contributed by atoms with E-state index in [1.165, 1.54) is 0 Å². The van der Waals surface area contributed by atoms with Crippen LogP contribution < -0.4 is 5.32 Å². The zero-order valence-corrected chi connectivity index (χ0v) is 19.4. The summed E-state index contributed by atoms with van der Waals surface area (Å²) in [5.74, 6) is 0.258. The van der Waals surface area contributed by atoms with E-state index >= 15 is 0 Å². The minimum atomic E-state index is -3.80. The molecule has 172 valence electrons. The zero-order chi connectivity index (χ0) is 23.9. The third-order valence-corrected chi connectivity index (χ3v) is 8.83. The first kappa shape index (κ1) is 20.4. The molecule has 1 aliphatic carbocycles. The third kappa shape index (κ3) is 2.85. The second kappa shape index (κ2) is 7.02. The van der Waals surface area contributed by atoms with Crippen LogP contribution in [0.25, 0.3) is 32.5 Å². The smallest absolute Gasteiger partial charge is 0.256 e. The number of benzene rings is 4. The maximum atomic E-state index is 13.8. The van der Waals surface area contributed by atoms with E-state index < -0.39 is 9.84 Å². The lowest BCUT2D eigenvalue weighted by Crippen LogP contribution is -2.09. The molecule has 2 heterocycles. The first-order chi connectivity index (χ1) is 16.9. The second-order valence-corrected chi connectivity index (χ2v) is 11.1. The first-order valence-corrected chi connectivity index (χ1v) is 13.2. The molecule has 7 heteroatoms. The summed E-state index contributed by atoms with van der Waals surface area (Å²) in [6, 6.07) is 17.7. The lowest BCUT2D eigenvalue weighted by Gasteiger charge is -2.12. The quantitative estimate of drug-likeness (QED) is 0.352. The summed E-state index contributed by atoms with van der Waals surface area (Å²) in [4.78, 5) is 25.2. The molecule has 7 rings (SSSR count). The fourth-order valence-electron chi connectivity index (χ4n) is 5.60. The molecule has 0 spiro atoms. The molecule has 1 amide bonds. The topological polar surface area (TPSA) is 93.4 Å². The molecule has 1 aromatic heterocycles. The summed E-state index contributed by atoms with van der Waals surface area (Å²) in [5.41, 5.74) is 2.94. The number of carbonyl (C=O) groups excluding carboxylic acids is 2. The number of anilines is 1. The minimum absolute atomic E-state index is 0.0405. The molecule has 0 atom stereocenters. The van der Waals surface area contributed by atoms with Crippen LogP contribution in [0.4, 0.5) is 5.69 Å². The Hall–Kier alpha value is -3.97. The van der Waals surface area contributed by atoms with Crippen molar-refractivity contribution >= 4 is 59.7 Å². The van der Waals surface area contributed by atoms with Crippen LogP contribution in [0, 0.1) is 0 Å². The van der Waals surface area contributed by atoms with Crippen LogP contribution >= 0.6 is 0 Å². The molecule has 0 unspecified atom stereocenters. The first-order valence-electron chi connectivity index (χ1n) is 11.5. The van der Waals surface area contributed by atoms with Crippen LogP contribution in [0.1, 0.15) is 44.9 Å². The number of Topliss-reactive ketones (excluding diaryl/α,β-unsaturated/α-hetero) is 1. The van der Waals surface area contributed by atoms with Crippen molar-refractivity contribution in [3.63, 3.8) is 0 Å². The highest BCUT2D eigenvalue weighted by atomic mass is 32.2. The standard InChI is InChI=1S/C28H19NO5S/c30-22-9-4-10-23-26(22)20-13-15(16-5-1-2-6-17(16)27(20)34-23)14-35(32,33)24-12-11-21-25-18(24)7-3-8-19(25)28(31)29-21/h1-3,5-8,11-13H,4,9-10,14H2,(H,29,31). The lowest BCUT2D eigenvalue weighted by molar-refractivity contribution is 0.0969. The molecule has 5 aromatic rings. The van der Waals surface area contributed by atoms with Crippen molar-refractivity contribution in [1.82, 2.24) is 0 Å². The van der Waals surface area contributed by atoms with Crippen LogP contribution in [0.3, 0.4) is 0 Å². The lowest BCUT2D eigenvalue weighted by atomic mass is 9.93. The van der Waals surface area contributed by atoms with Gasteiger partial charge in [0.25, 0.3) is 5.91 Å². The Morgan fingerprint density at radius 2 is 1.66 bits per heavy atom. The van der Waals surface area contributed by atoms with Gasteiger partial charge in [0.1, 0.15) is 11.3 Å². The number of carbonyl (C=O) groups is 2. The number of rotatable bonds is 3. The average Bonchev–Trinajstić information content (AvgIpc) is 3.39. The van der Waals surface area contributed by atoms with Gasteiger partial charge in [-0.25, -0.2) is 8.42 Å². The van der Waals surface area contributed by atoms with Crippen LogP contribution in [-0.2, 0) is 22.0 Å². The zero-order valence-electron chi connectivity index (χ0n) is 18.6. The predicted octanol–water partition coefficient (Wildman–Crippen LogP) is 5.80. The third-order valence-electron chi connectivity index (χ3n) is 7.11. The Bertz CT molecular complexity index is 1880. The maximum Gasteiger partial charge on any atom is 0.256 e. The molecule has 0 bridgehead atoms. The van der Waals surface area contributed by atoms with E-state index in [-0.39, 0.29) is 22.3 Å². The number of fused-ring (bicyclic) bond motifs is 5. The van der Waals surface area contributed by atoms with Crippen molar-refractivity contribution in [3.05, 3.63) is 83.1 Å². The van der Waals surface area contributed by atoms with Crippen molar-refractivity contribution in [1.29, 1.82) is 0 Å². The Balaban J connectivity index is 1.45. The number of hydrogen-bond donors (Lipinski definition) is 1. The number of nitrogens with one attached hydrogen (secondary N) is 1. The molecule has 1 N–H and O–H groups in total. The van der Waals surface area contributed by atoms with E-state index in [0.717, 1.165) is 17.2 Å². The molecule has 1 aliphatic heterocycles. The van der Waals surface area contributed by atoms with Crippen molar-refractivity contribution in [2.24, 2.45) is 0 Å². The Kier molecular flexibility index (Phi) is 4.09. The SMILES string of the molecule is O=C1CCCc2oc3c(cc(CS(=O)(=O)c4ccc5c6c(cccc46)C(=O)N5)c4ccccc43)c21. The van der Waals surface area contributed by atoms with Gasteiger partial charge in [0.05, 0.1) is 16.2 Å². The number of sulfone groups is 1. The van der Waals surface area contributed by atoms with Gasteiger partial charge >= 0.3 is 0 Å². The van der Waals surface area contributed by atoms with Gasteiger partial charge in [-0.05, 0) is 41.6 Å². The summed E-state index contributed by atoms with van der Waals surface area (Å²) in [7, 11) is -3.80. The summed E-state index contributed by atoms with van der Waals surface area (Å²) in [5, 5.41) is 6.22. The molecule has 0 saturated heterocycles. The number of amides is 1. The van der Waals surface area contributed by atoms with E-state index in [9.17, 15) is 18.0 Å². The fourth-order valence-corrected chi connectivity index (χ4v) is 7.18. The van der Waals surface area contributed by atoms with E-state index in [0.29, 0.717) is 62.7 Å². The number of aryl methyl sites for hydroxylation is 1. The largest absolute Gasteiger partial charge is 0.460 e. The van der Waals surface area contributed by atoms with Gasteiger partial charge < -0.3 is 9.73 Å². The normalized spacial score (nSPS) is 15.2. The number of ketones is 1. The highest BCUT2D eigenvalue weighted by Gasteiger charge is 2.29. The summed E-state index contributed by atoms with van der Waals surface area (Å²) in [6.45, 7) is 0. The van der Waals surface area contributed by atoms with Crippen LogP contribution in [0.15, 0.2) is 70.0 Å². The molecule has 35 heavy (non-hydrogen) atoms. The van der Waals surface area contributed by atoms with E-state index in [1.807, 2.05) is 30.3 Å². The molecular weight excluding hydrogens is 462 g/mol. The molecule has 6 nitrogen and oxygen atoms in total. The van der Waals surface area contributed by atoms with Crippen LogP contribution in [0.2, 0.25) is 0 Å². The molecule has 2 aliphatic rings. The maximum absolute atomic E-state index is 13.8. The van der Waals surface area contributed by atoms with Crippen LogP contribution in [0.5, 0.6) is 0 Å². The Morgan fingerprint density at radius 3 is 2.51 bits per heavy atom. The van der Waals surface area contributed by atoms with Gasteiger partial charge in [-0.2, -0.15) is 0 Å².